The van der Waals surface area contributed by atoms with Gasteiger partial charge in [0.1, 0.15) is 5.76 Å². The second kappa shape index (κ2) is 5.06. The summed E-state index contributed by atoms with van der Waals surface area (Å²) in [4.78, 5) is 15.7. The average Bonchev–Trinajstić information content (AvgIpc) is 2.78. The lowest BCUT2D eigenvalue weighted by atomic mass is 10.1. The highest BCUT2D eigenvalue weighted by molar-refractivity contribution is 6.02. The van der Waals surface area contributed by atoms with Crippen molar-refractivity contribution in [1.82, 2.24) is 4.98 Å². The Morgan fingerprint density at radius 1 is 1.11 bits per heavy atom. The SMILES string of the molecule is O=C1OC(=CCCc2cccnc2)c2ccccc21. The fourth-order valence-electron chi connectivity index (χ4n) is 2.15. The van der Waals surface area contributed by atoms with E-state index in [1.54, 1.807) is 12.3 Å². The zero-order chi connectivity index (χ0) is 13.1. The summed E-state index contributed by atoms with van der Waals surface area (Å²) in [6, 6.07) is 11.4. The summed E-state index contributed by atoms with van der Waals surface area (Å²) >= 11 is 0. The quantitative estimate of drug-likeness (QED) is 0.786. The number of allylic oxidation sites excluding steroid dienone is 1. The maximum atomic E-state index is 11.6. The Kier molecular flexibility index (Phi) is 3.11. The van der Waals surface area contributed by atoms with Crippen molar-refractivity contribution in [2.45, 2.75) is 12.8 Å². The molecule has 0 saturated heterocycles. The van der Waals surface area contributed by atoms with E-state index >= 15 is 0 Å². The number of carbonyl (C=O) groups excluding carboxylic acids is 1. The van der Waals surface area contributed by atoms with Crippen LogP contribution in [0.1, 0.15) is 27.9 Å². The van der Waals surface area contributed by atoms with Gasteiger partial charge in [0, 0.05) is 18.0 Å². The Morgan fingerprint density at radius 2 is 1.95 bits per heavy atom. The number of aryl methyl sites for hydroxylation is 1. The lowest BCUT2D eigenvalue weighted by Gasteiger charge is -1.99. The summed E-state index contributed by atoms with van der Waals surface area (Å²) in [7, 11) is 0. The molecule has 2 aromatic rings. The zero-order valence-electron chi connectivity index (χ0n) is 10.4. The first-order valence-corrected chi connectivity index (χ1v) is 6.25. The van der Waals surface area contributed by atoms with Gasteiger partial charge in [0.05, 0.1) is 5.56 Å². The highest BCUT2D eigenvalue weighted by Gasteiger charge is 2.24. The summed E-state index contributed by atoms with van der Waals surface area (Å²) in [5, 5.41) is 0. The number of pyridine rings is 1. The van der Waals surface area contributed by atoms with E-state index in [2.05, 4.69) is 4.98 Å². The van der Waals surface area contributed by atoms with Crippen molar-refractivity contribution in [3.8, 4) is 0 Å². The number of esters is 1. The molecule has 3 nitrogen and oxygen atoms in total. The van der Waals surface area contributed by atoms with Gasteiger partial charge in [-0.05, 0) is 36.6 Å². The van der Waals surface area contributed by atoms with E-state index in [1.807, 2.05) is 42.6 Å². The van der Waals surface area contributed by atoms with Gasteiger partial charge in [0.25, 0.3) is 0 Å². The third kappa shape index (κ3) is 2.40. The third-order valence-electron chi connectivity index (χ3n) is 3.10. The molecule has 1 aromatic carbocycles. The van der Waals surface area contributed by atoms with Gasteiger partial charge < -0.3 is 4.74 Å². The van der Waals surface area contributed by atoms with Crippen LogP contribution in [0.5, 0.6) is 0 Å². The lowest BCUT2D eigenvalue weighted by molar-refractivity contribution is 0.0715. The van der Waals surface area contributed by atoms with Crippen LogP contribution in [0, 0.1) is 0 Å². The molecule has 2 heterocycles. The van der Waals surface area contributed by atoms with Crippen LogP contribution in [0.25, 0.3) is 5.76 Å². The Hall–Kier alpha value is -2.42. The van der Waals surface area contributed by atoms with Crippen molar-refractivity contribution in [2.24, 2.45) is 0 Å². The van der Waals surface area contributed by atoms with Gasteiger partial charge in [-0.3, -0.25) is 4.98 Å². The van der Waals surface area contributed by atoms with E-state index in [-0.39, 0.29) is 5.97 Å². The molecule has 1 aliphatic rings. The molecule has 0 amide bonds. The Bertz CT molecular complexity index is 632. The van der Waals surface area contributed by atoms with Crippen LogP contribution in [0.15, 0.2) is 54.9 Å². The molecule has 94 valence electrons. The van der Waals surface area contributed by atoms with E-state index in [4.69, 9.17) is 4.74 Å². The molecule has 3 heteroatoms. The minimum absolute atomic E-state index is 0.261. The van der Waals surface area contributed by atoms with Crippen LogP contribution >= 0.6 is 0 Å². The number of aromatic nitrogens is 1. The van der Waals surface area contributed by atoms with Crippen molar-refractivity contribution < 1.29 is 9.53 Å². The van der Waals surface area contributed by atoms with E-state index < -0.39 is 0 Å². The number of fused-ring (bicyclic) bond motifs is 1. The molecule has 0 atom stereocenters. The fraction of sp³-hybridized carbons (Fsp3) is 0.125. The average molecular weight is 251 g/mol. The molecule has 1 aromatic heterocycles. The summed E-state index contributed by atoms with van der Waals surface area (Å²) in [6.45, 7) is 0. The number of hydrogen-bond acceptors (Lipinski definition) is 3. The number of nitrogens with zero attached hydrogens (tertiary/aromatic N) is 1. The summed E-state index contributed by atoms with van der Waals surface area (Å²) in [5.41, 5.74) is 2.71. The monoisotopic (exact) mass is 251 g/mol. The van der Waals surface area contributed by atoms with Crippen LogP contribution in [-0.4, -0.2) is 11.0 Å². The van der Waals surface area contributed by atoms with Gasteiger partial charge in [-0.25, -0.2) is 4.79 Å². The van der Waals surface area contributed by atoms with Crippen molar-refractivity contribution in [2.75, 3.05) is 0 Å². The standard InChI is InChI=1S/C16H13NO2/c18-16-14-8-2-1-7-13(14)15(19-16)9-3-5-12-6-4-10-17-11-12/h1-2,4,6-11H,3,5H2. The minimum Gasteiger partial charge on any atom is -0.423 e. The molecule has 0 saturated carbocycles. The van der Waals surface area contributed by atoms with Crippen molar-refractivity contribution in [1.29, 1.82) is 0 Å². The predicted octanol–water partition coefficient (Wildman–Crippen LogP) is 3.23. The van der Waals surface area contributed by atoms with Crippen LogP contribution in [0.3, 0.4) is 0 Å². The molecule has 19 heavy (non-hydrogen) atoms. The molecule has 0 bridgehead atoms. The zero-order valence-corrected chi connectivity index (χ0v) is 10.4. The minimum atomic E-state index is -0.261. The third-order valence-corrected chi connectivity index (χ3v) is 3.10. The second-order valence-corrected chi connectivity index (χ2v) is 4.40. The first-order chi connectivity index (χ1) is 9.34. The van der Waals surface area contributed by atoms with E-state index in [9.17, 15) is 4.79 Å². The van der Waals surface area contributed by atoms with Crippen LogP contribution < -0.4 is 0 Å². The number of hydrogen-bond donors (Lipinski definition) is 0. The Morgan fingerprint density at radius 3 is 2.74 bits per heavy atom. The Labute approximate surface area is 111 Å². The molecule has 0 aliphatic carbocycles. The Balaban J connectivity index is 1.74. The van der Waals surface area contributed by atoms with Crippen molar-refractivity contribution >= 4 is 11.7 Å². The molecular weight excluding hydrogens is 238 g/mol. The van der Waals surface area contributed by atoms with Gasteiger partial charge in [-0.2, -0.15) is 0 Å². The van der Waals surface area contributed by atoms with Gasteiger partial charge in [-0.1, -0.05) is 24.3 Å². The van der Waals surface area contributed by atoms with Crippen LogP contribution in [-0.2, 0) is 11.2 Å². The molecule has 0 N–H and O–H groups in total. The molecule has 1 aliphatic heterocycles. The number of cyclic esters (lactones) is 1. The van der Waals surface area contributed by atoms with E-state index in [1.165, 1.54) is 5.56 Å². The summed E-state index contributed by atoms with van der Waals surface area (Å²) < 4.78 is 5.28. The number of rotatable bonds is 3. The fourth-order valence-corrected chi connectivity index (χ4v) is 2.15. The van der Waals surface area contributed by atoms with Crippen LogP contribution in [0.4, 0.5) is 0 Å². The largest absolute Gasteiger partial charge is 0.423 e. The molecule has 0 fully saturated rings. The van der Waals surface area contributed by atoms with E-state index in [0.29, 0.717) is 11.3 Å². The van der Waals surface area contributed by atoms with Gasteiger partial charge in [-0.15, -0.1) is 0 Å². The molecule has 0 radical (unpaired) electrons. The normalized spacial score (nSPS) is 15.4. The van der Waals surface area contributed by atoms with Crippen molar-refractivity contribution in [3.63, 3.8) is 0 Å². The predicted molar refractivity (Wildman–Crippen MR) is 72.4 cm³/mol. The molecule has 0 spiro atoms. The maximum absolute atomic E-state index is 11.6. The smallest absolute Gasteiger partial charge is 0.344 e. The second-order valence-electron chi connectivity index (χ2n) is 4.40. The summed E-state index contributed by atoms with van der Waals surface area (Å²) in [6.07, 6.45) is 7.29. The number of ether oxygens (including phenoxy) is 1. The summed E-state index contributed by atoms with van der Waals surface area (Å²) in [5.74, 6) is 0.410. The highest BCUT2D eigenvalue weighted by Crippen LogP contribution is 2.29. The topological polar surface area (TPSA) is 39.2 Å². The van der Waals surface area contributed by atoms with Crippen LogP contribution in [0.2, 0.25) is 0 Å². The first kappa shape index (κ1) is 11.7. The highest BCUT2D eigenvalue weighted by atomic mass is 16.5. The van der Waals surface area contributed by atoms with Gasteiger partial charge in [0.15, 0.2) is 0 Å². The molecule has 0 unspecified atom stereocenters. The lowest BCUT2D eigenvalue weighted by Crippen LogP contribution is -1.92. The van der Waals surface area contributed by atoms with E-state index in [0.717, 1.165) is 18.4 Å². The van der Waals surface area contributed by atoms with Gasteiger partial charge >= 0.3 is 5.97 Å². The number of carbonyl (C=O) groups is 1. The van der Waals surface area contributed by atoms with Gasteiger partial charge in [0.2, 0.25) is 0 Å². The first-order valence-electron chi connectivity index (χ1n) is 6.25. The molecular formula is C16H13NO2. The maximum Gasteiger partial charge on any atom is 0.344 e. The molecule has 3 rings (SSSR count). The van der Waals surface area contributed by atoms with Crippen molar-refractivity contribution in [3.05, 3.63) is 71.6 Å². The number of benzene rings is 1.